The SMILES string of the molecule is Nc1ccc(Cn2cc(Br)ccc2=O)c(F)c1. The molecule has 0 aliphatic carbocycles. The highest BCUT2D eigenvalue weighted by Crippen LogP contribution is 2.13. The molecule has 5 heteroatoms. The van der Waals surface area contributed by atoms with Crippen molar-refractivity contribution in [3.05, 3.63) is 62.7 Å². The summed E-state index contributed by atoms with van der Waals surface area (Å²) in [5.41, 5.74) is 6.08. The summed E-state index contributed by atoms with van der Waals surface area (Å²) >= 11 is 3.27. The average molecular weight is 297 g/mol. The molecule has 0 aliphatic rings. The van der Waals surface area contributed by atoms with Crippen molar-refractivity contribution in [1.29, 1.82) is 0 Å². The maximum absolute atomic E-state index is 13.6. The second-order valence-electron chi connectivity index (χ2n) is 3.66. The molecule has 0 fully saturated rings. The maximum Gasteiger partial charge on any atom is 0.250 e. The van der Waals surface area contributed by atoms with Crippen molar-refractivity contribution >= 4 is 21.6 Å². The van der Waals surface area contributed by atoms with E-state index in [4.69, 9.17) is 5.73 Å². The molecule has 2 N–H and O–H groups in total. The van der Waals surface area contributed by atoms with Gasteiger partial charge in [-0.05, 0) is 34.1 Å². The van der Waals surface area contributed by atoms with Gasteiger partial charge in [0.05, 0.1) is 6.54 Å². The van der Waals surface area contributed by atoms with Crippen LogP contribution >= 0.6 is 15.9 Å². The first kappa shape index (κ1) is 11.9. The zero-order valence-corrected chi connectivity index (χ0v) is 10.4. The standard InChI is InChI=1S/C12H10BrFN2O/c13-9-2-4-12(17)16(7-9)6-8-1-3-10(15)5-11(8)14/h1-5,7H,6,15H2. The summed E-state index contributed by atoms with van der Waals surface area (Å²) in [6.07, 6.45) is 1.62. The third-order valence-electron chi connectivity index (χ3n) is 2.37. The normalized spacial score (nSPS) is 10.5. The van der Waals surface area contributed by atoms with Crippen molar-refractivity contribution in [2.24, 2.45) is 0 Å². The van der Waals surface area contributed by atoms with Gasteiger partial charge < -0.3 is 10.3 Å². The third kappa shape index (κ3) is 2.74. The molecule has 1 aromatic carbocycles. The molecular weight excluding hydrogens is 287 g/mol. The number of anilines is 1. The van der Waals surface area contributed by atoms with Crippen LogP contribution in [0.15, 0.2) is 45.8 Å². The molecular formula is C12H10BrFN2O. The maximum atomic E-state index is 13.6. The fourth-order valence-electron chi connectivity index (χ4n) is 1.50. The van der Waals surface area contributed by atoms with Crippen LogP contribution in [0.1, 0.15) is 5.56 Å². The van der Waals surface area contributed by atoms with E-state index < -0.39 is 5.82 Å². The zero-order valence-electron chi connectivity index (χ0n) is 8.86. The van der Waals surface area contributed by atoms with Gasteiger partial charge in [-0.1, -0.05) is 6.07 Å². The lowest BCUT2D eigenvalue weighted by Crippen LogP contribution is -2.19. The number of pyridine rings is 1. The zero-order chi connectivity index (χ0) is 12.4. The first-order valence-electron chi connectivity index (χ1n) is 4.96. The van der Waals surface area contributed by atoms with Gasteiger partial charge in [0.25, 0.3) is 5.56 Å². The highest BCUT2D eigenvalue weighted by Gasteiger charge is 2.04. The molecule has 0 spiro atoms. The minimum atomic E-state index is -0.406. The van der Waals surface area contributed by atoms with Crippen molar-refractivity contribution in [3.8, 4) is 0 Å². The Morgan fingerprint density at radius 2 is 2.06 bits per heavy atom. The molecule has 3 nitrogen and oxygen atoms in total. The Hall–Kier alpha value is -1.62. The van der Waals surface area contributed by atoms with Gasteiger partial charge in [0, 0.05) is 28.0 Å². The van der Waals surface area contributed by atoms with Crippen molar-refractivity contribution in [2.75, 3.05) is 5.73 Å². The predicted molar refractivity (Wildman–Crippen MR) is 68.3 cm³/mol. The number of aromatic nitrogens is 1. The number of halogens is 2. The van der Waals surface area contributed by atoms with Gasteiger partial charge >= 0.3 is 0 Å². The number of rotatable bonds is 2. The predicted octanol–water partition coefficient (Wildman–Crippen LogP) is 2.38. The van der Waals surface area contributed by atoms with Crippen LogP contribution in [-0.4, -0.2) is 4.57 Å². The van der Waals surface area contributed by atoms with Crippen LogP contribution in [-0.2, 0) is 6.54 Å². The van der Waals surface area contributed by atoms with Crippen molar-refractivity contribution in [2.45, 2.75) is 6.54 Å². The van der Waals surface area contributed by atoms with E-state index in [1.807, 2.05) is 0 Å². The molecule has 88 valence electrons. The minimum Gasteiger partial charge on any atom is -0.399 e. The highest BCUT2D eigenvalue weighted by atomic mass is 79.9. The second-order valence-corrected chi connectivity index (χ2v) is 4.58. The fourth-order valence-corrected chi connectivity index (χ4v) is 1.88. The molecule has 0 saturated carbocycles. The summed E-state index contributed by atoms with van der Waals surface area (Å²) in [6, 6.07) is 7.52. The average Bonchev–Trinajstić information content (AvgIpc) is 2.27. The molecule has 0 bridgehead atoms. The molecule has 0 amide bonds. The van der Waals surface area contributed by atoms with Gasteiger partial charge in [-0.15, -0.1) is 0 Å². The smallest absolute Gasteiger partial charge is 0.250 e. The van der Waals surface area contributed by atoms with Crippen LogP contribution in [0.3, 0.4) is 0 Å². The van der Waals surface area contributed by atoms with Gasteiger partial charge in [-0.25, -0.2) is 4.39 Å². The Kier molecular flexibility index (Phi) is 3.28. The highest BCUT2D eigenvalue weighted by molar-refractivity contribution is 9.10. The molecule has 1 heterocycles. The van der Waals surface area contributed by atoms with Crippen LogP contribution in [0.4, 0.5) is 10.1 Å². The van der Waals surface area contributed by atoms with E-state index in [-0.39, 0.29) is 12.1 Å². The lowest BCUT2D eigenvalue weighted by molar-refractivity contribution is 0.596. The first-order chi connectivity index (χ1) is 8.06. The van der Waals surface area contributed by atoms with Crippen LogP contribution in [0.25, 0.3) is 0 Å². The van der Waals surface area contributed by atoms with Crippen LogP contribution in [0, 0.1) is 5.82 Å². The number of nitrogens with zero attached hydrogens (tertiary/aromatic N) is 1. The summed E-state index contributed by atoms with van der Waals surface area (Å²) in [7, 11) is 0. The number of nitrogens with two attached hydrogens (primary N) is 1. The van der Waals surface area contributed by atoms with Gasteiger partial charge in [-0.3, -0.25) is 4.79 Å². The van der Waals surface area contributed by atoms with E-state index in [2.05, 4.69) is 15.9 Å². The van der Waals surface area contributed by atoms with Gasteiger partial charge in [0.1, 0.15) is 5.82 Å². The molecule has 0 unspecified atom stereocenters. The number of nitrogen functional groups attached to an aromatic ring is 1. The fraction of sp³-hybridized carbons (Fsp3) is 0.0833. The number of hydrogen-bond acceptors (Lipinski definition) is 2. The summed E-state index contributed by atoms with van der Waals surface area (Å²) in [5, 5.41) is 0. The van der Waals surface area contributed by atoms with Crippen molar-refractivity contribution in [1.82, 2.24) is 4.57 Å². The summed E-state index contributed by atoms with van der Waals surface area (Å²) in [4.78, 5) is 11.5. The molecule has 0 atom stereocenters. The minimum absolute atomic E-state index is 0.176. The topological polar surface area (TPSA) is 48.0 Å². The van der Waals surface area contributed by atoms with Gasteiger partial charge in [0.2, 0.25) is 0 Å². The molecule has 17 heavy (non-hydrogen) atoms. The molecule has 0 radical (unpaired) electrons. The number of hydrogen-bond donors (Lipinski definition) is 1. The molecule has 2 rings (SSSR count). The van der Waals surface area contributed by atoms with E-state index in [0.717, 1.165) is 4.47 Å². The van der Waals surface area contributed by atoms with Crippen LogP contribution < -0.4 is 11.3 Å². The second kappa shape index (κ2) is 4.71. The quantitative estimate of drug-likeness (QED) is 0.865. The largest absolute Gasteiger partial charge is 0.399 e. The summed E-state index contributed by atoms with van der Waals surface area (Å²) < 4.78 is 15.8. The summed E-state index contributed by atoms with van der Waals surface area (Å²) in [5.74, 6) is -0.406. The molecule has 2 aromatic rings. The Balaban J connectivity index is 2.38. The molecule has 1 aromatic heterocycles. The lowest BCUT2D eigenvalue weighted by atomic mass is 10.2. The van der Waals surface area contributed by atoms with E-state index in [9.17, 15) is 9.18 Å². The Bertz CT molecular complexity index is 610. The monoisotopic (exact) mass is 296 g/mol. The van der Waals surface area contributed by atoms with Crippen LogP contribution in [0.5, 0.6) is 0 Å². The Morgan fingerprint density at radius 3 is 2.76 bits per heavy atom. The first-order valence-corrected chi connectivity index (χ1v) is 5.75. The van der Waals surface area contributed by atoms with Gasteiger partial charge in [-0.2, -0.15) is 0 Å². The van der Waals surface area contributed by atoms with E-state index in [1.54, 1.807) is 24.4 Å². The van der Waals surface area contributed by atoms with Gasteiger partial charge in [0.15, 0.2) is 0 Å². The van der Waals surface area contributed by atoms with Crippen molar-refractivity contribution < 1.29 is 4.39 Å². The van der Waals surface area contributed by atoms with E-state index in [1.165, 1.54) is 16.7 Å². The Morgan fingerprint density at radius 1 is 1.29 bits per heavy atom. The van der Waals surface area contributed by atoms with Crippen molar-refractivity contribution in [3.63, 3.8) is 0 Å². The van der Waals surface area contributed by atoms with E-state index >= 15 is 0 Å². The summed E-state index contributed by atoms with van der Waals surface area (Å²) in [6.45, 7) is 0.185. The lowest BCUT2D eigenvalue weighted by Gasteiger charge is -2.07. The van der Waals surface area contributed by atoms with E-state index in [0.29, 0.717) is 11.3 Å². The Labute approximate surface area is 106 Å². The molecule has 0 saturated heterocycles. The third-order valence-corrected chi connectivity index (χ3v) is 2.83. The molecule has 0 aliphatic heterocycles. The number of benzene rings is 1. The van der Waals surface area contributed by atoms with Crippen LogP contribution in [0.2, 0.25) is 0 Å².